The first kappa shape index (κ1) is 13.4. The minimum atomic E-state index is -0.493. The number of carbonyl (C=O) groups excluding carboxylic acids is 2. The second-order valence-electron chi connectivity index (χ2n) is 4.97. The topological polar surface area (TPSA) is 78.1 Å². The van der Waals surface area contributed by atoms with Crippen molar-refractivity contribution in [2.75, 3.05) is 10.2 Å². The van der Waals surface area contributed by atoms with Gasteiger partial charge in [0.25, 0.3) is 5.91 Å². The van der Waals surface area contributed by atoms with Gasteiger partial charge >= 0.3 is 0 Å². The normalized spacial score (nSPS) is 17.3. The number of nitrogens with one attached hydrogen (secondary N) is 2. The minimum Gasteiger partial charge on any atom is -0.322 e. The number of anilines is 2. The van der Waals surface area contributed by atoms with Gasteiger partial charge in [0.2, 0.25) is 5.91 Å². The van der Waals surface area contributed by atoms with Crippen LogP contribution < -0.4 is 10.2 Å². The fourth-order valence-electron chi connectivity index (χ4n) is 2.58. The largest absolute Gasteiger partial charge is 0.322 e. The molecule has 3 rings (SSSR count). The maximum Gasteiger partial charge on any atom is 0.262 e. The highest BCUT2D eigenvalue weighted by Gasteiger charge is 2.36. The Hall–Kier alpha value is -2.63. The van der Waals surface area contributed by atoms with Gasteiger partial charge in [-0.05, 0) is 18.6 Å². The quantitative estimate of drug-likeness (QED) is 0.906. The van der Waals surface area contributed by atoms with Crippen molar-refractivity contribution in [1.82, 2.24) is 10.2 Å². The molecule has 2 N–H and O–H groups in total. The van der Waals surface area contributed by atoms with Crippen molar-refractivity contribution in [3.63, 3.8) is 0 Å². The highest BCUT2D eigenvalue weighted by atomic mass is 16.2. The second-order valence-corrected chi connectivity index (χ2v) is 4.97. The molecule has 2 heterocycles. The lowest BCUT2D eigenvalue weighted by Gasteiger charge is -2.36. The standard InChI is InChI=1S/C15H16N4O2/c1-2-5-13-14(20)18-11-6-3-4-7-12(11)19(13)15(21)10-8-16-17-9-10/h3-4,6-9,13H,2,5H2,1H3,(H,16,17)(H,18,20). The van der Waals surface area contributed by atoms with Crippen molar-refractivity contribution in [3.05, 3.63) is 42.2 Å². The average Bonchev–Trinajstić information content (AvgIpc) is 3.02. The first-order chi connectivity index (χ1) is 10.2. The van der Waals surface area contributed by atoms with Crippen molar-refractivity contribution in [2.45, 2.75) is 25.8 Å². The van der Waals surface area contributed by atoms with E-state index in [0.29, 0.717) is 17.7 Å². The molecule has 0 bridgehead atoms. The van der Waals surface area contributed by atoms with Gasteiger partial charge in [-0.3, -0.25) is 19.6 Å². The summed E-state index contributed by atoms with van der Waals surface area (Å²) in [6.07, 6.45) is 4.44. The molecule has 6 nitrogen and oxygen atoms in total. The van der Waals surface area contributed by atoms with Gasteiger partial charge in [-0.1, -0.05) is 25.5 Å². The van der Waals surface area contributed by atoms with E-state index >= 15 is 0 Å². The number of H-pyrrole nitrogens is 1. The summed E-state index contributed by atoms with van der Waals surface area (Å²) in [4.78, 5) is 26.6. The number of rotatable bonds is 3. The van der Waals surface area contributed by atoms with Gasteiger partial charge in [0.05, 0.1) is 23.1 Å². The lowest BCUT2D eigenvalue weighted by atomic mass is 10.0. The Morgan fingerprint density at radius 2 is 2.19 bits per heavy atom. The molecular weight excluding hydrogens is 268 g/mol. The molecule has 1 unspecified atom stereocenters. The molecule has 108 valence electrons. The summed E-state index contributed by atoms with van der Waals surface area (Å²) in [5.74, 6) is -0.364. The van der Waals surface area contributed by atoms with Gasteiger partial charge in [-0.2, -0.15) is 5.10 Å². The summed E-state index contributed by atoms with van der Waals surface area (Å²) in [7, 11) is 0. The third-order valence-electron chi connectivity index (χ3n) is 3.56. The molecule has 1 aromatic carbocycles. The first-order valence-electron chi connectivity index (χ1n) is 6.94. The molecule has 1 aliphatic rings. The fourth-order valence-corrected chi connectivity index (χ4v) is 2.58. The molecule has 0 spiro atoms. The Morgan fingerprint density at radius 1 is 1.38 bits per heavy atom. The molecule has 2 amide bonds. The molecule has 0 fully saturated rings. The number of hydrogen-bond donors (Lipinski definition) is 2. The number of para-hydroxylation sites is 2. The average molecular weight is 284 g/mol. The van der Waals surface area contributed by atoms with Gasteiger partial charge in [0.1, 0.15) is 6.04 Å². The van der Waals surface area contributed by atoms with Crippen LogP contribution in [0.15, 0.2) is 36.7 Å². The van der Waals surface area contributed by atoms with Crippen molar-refractivity contribution >= 4 is 23.2 Å². The monoisotopic (exact) mass is 284 g/mol. The zero-order chi connectivity index (χ0) is 14.8. The van der Waals surface area contributed by atoms with Gasteiger partial charge in [-0.25, -0.2) is 0 Å². The van der Waals surface area contributed by atoms with E-state index in [1.54, 1.807) is 17.2 Å². The second kappa shape index (κ2) is 5.40. The van der Waals surface area contributed by atoms with E-state index in [1.165, 1.54) is 6.20 Å². The Balaban J connectivity index is 2.07. The molecular formula is C15H16N4O2. The van der Waals surface area contributed by atoms with Crippen LogP contribution in [0, 0.1) is 0 Å². The van der Waals surface area contributed by atoms with Crippen molar-refractivity contribution in [3.8, 4) is 0 Å². The molecule has 0 aliphatic carbocycles. The number of nitrogens with zero attached hydrogens (tertiary/aromatic N) is 2. The predicted molar refractivity (Wildman–Crippen MR) is 79.2 cm³/mol. The number of carbonyl (C=O) groups is 2. The van der Waals surface area contributed by atoms with Crippen LogP contribution in [-0.4, -0.2) is 28.1 Å². The van der Waals surface area contributed by atoms with Gasteiger partial charge < -0.3 is 5.32 Å². The van der Waals surface area contributed by atoms with Crippen LogP contribution in [0.3, 0.4) is 0 Å². The lowest BCUT2D eigenvalue weighted by molar-refractivity contribution is -0.117. The van der Waals surface area contributed by atoms with Crippen LogP contribution in [0.25, 0.3) is 0 Å². The van der Waals surface area contributed by atoms with Crippen LogP contribution in [-0.2, 0) is 4.79 Å². The number of aromatic amines is 1. The first-order valence-corrected chi connectivity index (χ1v) is 6.94. The Morgan fingerprint density at radius 3 is 2.90 bits per heavy atom. The summed E-state index contributed by atoms with van der Waals surface area (Å²) in [6, 6.07) is 6.84. The molecule has 0 saturated heterocycles. The highest BCUT2D eigenvalue weighted by molar-refractivity contribution is 6.16. The van der Waals surface area contributed by atoms with Crippen LogP contribution in [0.4, 0.5) is 11.4 Å². The summed E-state index contributed by atoms with van der Waals surface area (Å²) < 4.78 is 0. The third-order valence-corrected chi connectivity index (χ3v) is 3.56. The smallest absolute Gasteiger partial charge is 0.262 e. The van der Waals surface area contributed by atoms with Crippen molar-refractivity contribution < 1.29 is 9.59 Å². The van der Waals surface area contributed by atoms with E-state index in [-0.39, 0.29) is 11.8 Å². The maximum atomic E-state index is 12.7. The van der Waals surface area contributed by atoms with Gasteiger partial charge in [0, 0.05) is 6.20 Å². The Labute approximate surface area is 122 Å². The number of benzene rings is 1. The molecule has 1 aliphatic heterocycles. The van der Waals surface area contributed by atoms with E-state index in [1.807, 2.05) is 25.1 Å². The Bertz CT molecular complexity index is 666. The number of amides is 2. The number of hydrogen-bond acceptors (Lipinski definition) is 3. The number of fused-ring (bicyclic) bond motifs is 1. The van der Waals surface area contributed by atoms with Crippen LogP contribution in [0.5, 0.6) is 0 Å². The molecule has 1 aromatic heterocycles. The van der Waals surface area contributed by atoms with E-state index in [4.69, 9.17) is 0 Å². The molecule has 6 heteroatoms. The summed E-state index contributed by atoms with van der Waals surface area (Å²) in [5.41, 5.74) is 1.83. The lowest BCUT2D eigenvalue weighted by Crippen LogP contribution is -2.51. The van der Waals surface area contributed by atoms with E-state index in [2.05, 4.69) is 15.5 Å². The molecule has 2 aromatic rings. The molecule has 21 heavy (non-hydrogen) atoms. The SMILES string of the molecule is CCCC1C(=O)Nc2ccccc2N1C(=O)c1cn[nH]c1. The molecule has 0 radical (unpaired) electrons. The summed E-state index contributed by atoms with van der Waals surface area (Å²) >= 11 is 0. The summed E-state index contributed by atoms with van der Waals surface area (Å²) in [6.45, 7) is 1.99. The third kappa shape index (κ3) is 2.29. The fraction of sp³-hybridized carbons (Fsp3) is 0.267. The van der Waals surface area contributed by atoms with Crippen molar-refractivity contribution in [2.24, 2.45) is 0 Å². The molecule has 0 saturated carbocycles. The van der Waals surface area contributed by atoms with E-state index in [9.17, 15) is 9.59 Å². The van der Waals surface area contributed by atoms with Gasteiger partial charge in [-0.15, -0.1) is 0 Å². The van der Waals surface area contributed by atoms with Crippen LogP contribution in [0.2, 0.25) is 0 Å². The van der Waals surface area contributed by atoms with Crippen molar-refractivity contribution in [1.29, 1.82) is 0 Å². The maximum absolute atomic E-state index is 12.7. The summed E-state index contributed by atoms with van der Waals surface area (Å²) in [5, 5.41) is 9.31. The zero-order valence-electron chi connectivity index (χ0n) is 11.7. The highest BCUT2D eigenvalue weighted by Crippen LogP contribution is 2.34. The predicted octanol–water partition coefficient (Wildman–Crippen LogP) is 2.18. The van der Waals surface area contributed by atoms with Crippen LogP contribution >= 0.6 is 0 Å². The van der Waals surface area contributed by atoms with Gasteiger partial charge in [0.15, 0.2) is 0 Å². The van der Waals surface area contributed by atoms with E-state index < -0.39 is 6.04 Å². The minimum absolute atomic E-state index is 0.146. The molecule has 1 atom stereocenters. The number of aromatic nitrogens is 2. The van der Waals surface area contributed by atoms with E-state index in [0.717, 1.165) is 12.1 Å². The van der Waals surface area contributed by atoms with Crippen LogP contribution in [0.1, 0.15) is 30.1 Å². The Kier molecular flexibility index (Phi) is 3.43. The zero-order valence-corrected chi connectivity index (χ0v) is 11.7.